The first kappa shape index (κ1) is 24.5. The van der Waals surface area contributed by atoms with E-state index in [1.165, 1.54) is 21.3 Å². The molecule has 0 unspecified atom stereocenters. The van der Waals surface area contributed by atoms with Crippen LogP contribution in [0.4, 0.5) is 0 Å². The number of halogens is 2. The highest BCUT2D eigenvalue weighted by atomic mass is 35.5. The fourth-order valence-electron chi connectivity index (χ4n) is 3.96. The van der Waals surface area contributed by atoms with Crippen LogP contribution in [0, 0.1) is 0 Å². The van der Waals surface area contributed by atoms with Gasteiger partial charge in [-0.3, -0.25) is 4.79 Å². The summed E-state index contributed by atoms with van der Waals surface area (Å²) in [5.74, 6) is 1.03. The molecule has 174 valence electrons. The van der Waals surface area contributed by atoms with Crippen LogP contribution in [-0.4, -0.2) is 63.5 Å². The van der Waals surface area contributed by atoms with Crippen molar-refractivity contribution in [3.63, 3.8) is 0 Å². The van der Waals surface area contributed by atoms with Crippen LogP contribution in [0.3, 0.4) is 0 Å². The van der Waals surface area contributed by atoms with Gasteiger partial charge in [0.25, 0.3) is 5.91 Å². The third-order valence-corrected chi connectivity index (χ3v) is 6.31. The van der Waals surface area contributed by atoms with Crippen molar-refractivity contribution in [2.75, 3.05) is 47.6 Å². The van der Waals surface area contributed by atoms with E-state index in [-0.39, 0.29) is 12.5 Å². The number of hydrogen-bond acceptors (Lipinski definition) is 6. The minimum Gasteiger partial charge on any atom is -0.493 e. The molecule has 2 aromatic carbocycles. The van der Waals surface area contributed by atoms with Crippen LogP contribution in [0.2, 0.25) is 10.0 Å². The standard InChI is InChI=1S/C23H27Cl2NO6/c1-29-19-11-15(12-20(30-2)21(19)31-3)22(28)26-8-10-32-23(14-26,7-4-9-27)16-5-6-17(24)18(25)13-16/h5-6,11-13,27H,4,7-10,14H2,1-3H3/t23-/m0/s1. The van der Waals surface area contributed by atoms with Crippen molar-refractivity contribution in [2.24, 2.45) is 0 Å². The number of hydrogen-bond donors (Lipinski definition) is 1. The van der Waals surface area contributed by atoms with Crippen LogP contribution in [0.1, 0.15) is 28.8 Å². The Morgan fingerprint density at radius 2 is 1.78 bits per heavy atom. The van der Waals surface area contributed by atoms with E-state index in [0.29, 0.717) is 65.4 Å². The summed E-state index contributed by atoms with van der Waals surface area (Å²) in [6.07, 6.45) is 1.02. The van der Waals surface area contributed by atoms with Crippen molar-refractivity contribution in [2.45, 2.75) is 18.4 Å². The van der Waals surface area contributed by atoms with Gasteiger partial charge in [-0.1, -0.05) is 29.3 Å². The highest BCUT2D eigenvalue weighted by Crippen LogP contribution is 2.40. The molecule has 0 bridgehead atoms. The largest absolute Gasteiger partial charge is 0.493 e. The third-order valence-electron chi connectivity index (χ3n) is 5.57. The Morgan fingerprint density at radius 3 is 2.34 bits per heavy atom. The maximum absolute atomic E-state index is 13.5. The van der Waals surface area contributed by atoms with Crippen molar-refractivity contribution < 1.29 is 28.8 Å². The van der Waals surface area contributed by atoms with Crippen molar-refractivity contribution in [3.05, 3.63) is 51.5 Å². The van der Waals surface area contributed by atoms with Crippen LogP contribution >= 0.6 is 23.2 Å². The quantitative estimate of drug-likeness (QED) is 0.607. The predicted molar refractivity (Wildman–Crippen MR) is 122 cm³/mol. The molecule has 2 aromatic rings. The van der Waals surface area contributed by atoms with Crippen LogP contribution in [0.5, 0.6) is 17.2 Å². The number of amides is 1. The molecule has 1 amide bonds. The Bertz CT molecular complexity index is 944. The fraction of sp³-hybridized carbons (Fsp3) is 0.435. The van der Waals surface area contributed by atoms with E-state index in [1.807, 2.05) is 6.07 Å². The lowest BCUT2D eigenvalue weighted by Crippen LogP contribution is -2.52. The Morgan fingerprint density at radius 1 is 1.09 bits per heavy atom. The van der Waals surface area contributed by atoms with Gasteiger partial charge in [-0.05, 0) is 42.7 Å². The van der Waals surface area contributed by atoms with E-state index < -0.39 is 5.60 Å². The Labute approximate surface area is 197 Å². The van der Waals surface area contributed by atoms with Gasteiger partial charge in [-0.2, -0.15) is 0 Å². The van der Waals surface area contributed by atoms with Crippen LogP contribution in [-0.2, 0) is 10.3 Å². The summed E-state index contributed by atoms with van der Waals surface area (Å²) in [5.41, 5.74) is 0.403. The van der Waals surface area contributed by atoms with Crippen LogP contribution in [0.25, 0.3) is 0 Å². The van der Waals surface area contributed by atoms with Gasteiger partial charge in [-0.25, -0.2) is 0 Å². The van der Waals surface area contributed by atoms with Gasteiger partial charge in [0.1, 0.15) is 5.60 Å². The zero-order chi connectivity index (χ0) is 23.3. The first-order valence-electron chi connectivity index (χ1n) is 10.2. The van der Waals surface area contributed by atoms with Crippen LogP contribution < -0.4 is 14.2 Å². The monoisotopic (exact) mass is 483 g/mol. The number of rotatable bonds is 8. The zero-order valence-corrected chi connectivity index (χ0v) is 19.8. The molecule has 0 aromatic heterocycles. The van der Waals surface area contributed by atoms with E-state index in [0.717, 1.165) is 5.56 Å². The molecule has 1 fully saturated rings. The van der Waals surface area contributed by atoms with Gasteiger partial charge < -0.3 is 29.0 Å². The van der Waals surface area contributed by atoms with E-state index >= 15 is 0 Å². The molecular weight excluding hydrogens is 457 g/mol. The first-order valence-corrected chi connectivity index (χ1v) is 10.9. The molecule has 9 heteroatoms. The van der Waals surface area contributed by atoms with Gasteiger partial charge in [0.15, 0.2) is 11.5 Å². The molecule has 1 aliphatic heterocycles. The smallest absolute Gasteiger partial charge is 0.254 e. The van der Waals surface area contributed by atoms with Crippen LogP contribution in [0.15, 0.2) is 30.3 Å². The highest BCUT2D eigenvalue weighted by Gasteiger charge is 2.40. The summed E-state index contributed by atoms with van der Waals surface area (Å²) in [6.45, 7) is 1.05. The summed E-state index contributed by atoms with van der Waals surface area (Å²) in [7, 11) is 4.52. The Hall–Kier alpha value is -2.19. The van der Waals surface area contributed by atoms with Crippen molar-refractivity contribution in [1.29, 1.82) is 0 Å². The SMILES string of the molecule is COc1cc(C(=O)N2CCO[C@](CCCO)(c3ccc(Cl)c(Cl)c3)C2)cc(OC)c1OC. The molecule has 1 atom stereocenters. The minimum atomic E-state index is -0.814. The number of morpholine rings is 1. The van der Waals surface area contributed by atoms with Gasteiger partial charge in [0.05, 0.1) is 44.5 Å². The van der Waals surface area contributed by atoms with Crippen molar-refractivity contribution >= 4 is 29.1 Å². The molecule has 7 nitrogen and oxygen atoms in total. The molecule has 1 saturated heterocycles. The molecule has 0 radical (unpaired) electrons. The van der Waals surface area contributed by atoms with Gasteiger partial charge >= 0.3 is 0 Å². The number of carbonyl (C=O) groups is 1. The lowest BCUT2D eigenvalue weighted by Gasteiger charge is -2.43. The van der Waals surface area contributed by atoms with Crippen molar-refractivity contribution in [1.82, 2.24) is 4.90 Å². The lowest BCUT2D eigenvalue weighted by molar-refractivity contribution is -0.112. The van der Waals surface area contributed by atoms with Crippen molar-refractivity contribution in [3.8, 4) is 17.2 Å². The van der Waals surface area contributed by atoms with Gasteiger partial charge in [0, 0.05) is 18.7 Å². The number of aliphatic hydroxyl groups is 1. The second-order valence-electron chi connectivity index (χ2n) is 7.44. The first-order chi connectivity index (χ1) is 15.4. The second-order valence-corrected chi connectivity index (χ2v) is 8.25. The molecule has 1 aliphatic rings. The third kappa shape index (κ3) is 4.91. The topological polar surface area (TPSA) is 77.5 Å². The predicted octanol–water partition coefficient (Wildman–Crippen LogP) is 4.16. The number of benzene rings is 2. The normalized spacial score (nSPS) is 18.4. The summed E-state index contributed by atoms with van der Waals surface area (Å²) >= 11 is 12.4. The molecule has 3 rings (SSSR count). The Balaban J connectivity index is 1.96. The van der Waals surface area contributed by atoms with Gasteiger partial charge in [0.2, 0.25) is 5.75 Å². The summed E-state index contributed by atoms with van der Waals surface area (Å²) in [4.78, 5) is 15.2. The molecule has 0 spiro atoms. The molecule has 0 aliphatic carbocycles. The van der Waals surface area contributed by atoms with E-state index in [2.05, 4.69) is 0 Å². The summed E-state index contributed by atoms with van der Waals surface area (Å²) < 4.78 is 22.3. The Kier molecular flexibility index (Phi) is 8.11. The molecule has 32 heavy (non-hydrogen) atoms. The summed E-state index contributed by atoms with van der Waals surface area (Å²) in [5, 5.41) is 10.3. The second kappa shape index (κ2) is 10.6. The van der Waals surface area contributed by atoms with E-state index in [4.69, 9.17) is 42.1 Å². The summed E-state index contributed by atoms with van der Waals surface area (Å²) in [6, 6.07) is 8.58. The molecule has 1 N–H and O–H groups in total. The maximum atomic E-state index is 13.5. The van der Waals surface area contributed by atoms with E-state index in [9.17, 15) is 9.90 Å². The number of aliphatic hydroxyl groups excluding tert-OH is 1. The molecule has 0 saturated carbocycles. The highest BCUT2D eigenvalue weighted by molar-refractivity contribution is 6.42. The fourth-order valence-corrected chi connectivity index (χ4v) is 4.26. The lowest BCUT2D eigenvalue weighted by atomic mass is 9.87. The number of carbonyl (C=O) groups excluding carboxylic acids is 1. The number of nitrogens with zero attached hydrogens (tertiary/aromatic N) is 1. The molecule has 1 heterocycles. The molecular formula is C23H27Cl2NO6. The minimum absolute atomic E-state index is 0.00720. The average Bonchev–Trinajstić information content (AvgIpc) is 2.82. The maximum Gasteiger partial charge on any atom is 0.254 e. The van der Waals surface area contributed by atoms with Gasteiger partial charge in [-0.15, -0.1) is 0 Å². The average molecular weight is 484 g/mol. The van der Waals surface area contributed by atoms with E-state index in [1.54, 1.807) is 29.2 Å². The zero-order valence-electron chi connectivity index (χ0n) is 18.3. The number of methoxy groups -OCH3 is 3. The number of ether oxygens (including phenoxy) is 4.